The van der Waals surface area contributed by atoms with Crippen LogP contribution >= 0.6 is 24.0 Å². The van der Waals surface area contributed by atoms with Crippen LogP contribution in [0.4, 0.5) is 10.5 Å². The molecule has 2 aliphatic heterocycles. The summed E-state index contributed by atoms with van der Waals surface area (Å²) in [7, 11) is 0. The third-order valence-electron chi connectivity index (χ3n) is 5.51. The second kappa shape index (κ2) is 8.67. The first kappa shape index (κ1) is 20.2. The normalized spacial score (nSPS) is 20.4. The van der Waals surface area contributed by atoms with Gasteiger partial charge in [0.15, 0.2) is 0 Å². The van der Waals surface area contributed by atoms with Gasteiger partial charge < -0.3 is 15.5 Å². The molecule has 1 aromatic rings. The fourth-order valence-electron chi connectivity index (χ4n) is 3.68. The van der Waals surface area contributed by atoms with Gasteiger partial charge in [-0.1, -0.05) is 11.6 Å². The summed E-state index contributed by atoms with van der Waals surface area (Å²) in [5, 5.41) is 6.88. The molecular formula is C19H26Cl2N4O2. The van der Waals surface area contributed by atoms with Crippen LogP contribution < -0.4 is 15.5 Å². The van der Waals surface area contributed by atoms with Crippen LogP contribution in [-0.2, 0) is 0 Å². The number of halogens is 2. The Hall–Kier alpha value is -1.50. The number of hydrogen-bond donors (Lipinski definition) is 2. The van der Waals surface area contributed by atoms with Crippen LogP contribution in [-0.4, -0.2) is 55.6 Å². The highest BCUT2D eigenvalue weighted by molar-refractivity contribution is 6.34. The van der Waals surface area contributed by atoms with Crippen molar-refractivity contribution >= 4 is 41.6 Å². The monoisotopic (exact) mass is 412 g/mol. The maximum Gasteiger partial charge on any atom is 0.322 e. The zero-order valence-corrected chi connectivity index (χ0v) is 16.8. The third-order valence-corrected chi connectivity index (χ3v) is 5.83. The molecule has 0 unspecified atom stereocenters. The summed E-state index contributed by atoms with van der Waals surface area (Å²) in [5.74, 6) is 0.896. The highest BCUT2D eigenvalue weighted by atomic mass is 35.5. The molecule has 2 N–H and O–H groups in total. The minimum absolute atomic E-state index is 0. The van der Waals surface area contributed by atoms with Gasteiger partial charge in [0, 0.05) is 37.8 Å². The summed E-state index contributed by atoms with van der Waals surface area (Å²) in [5.41, 5.74) is 1.20. The molecule has 2 saturated heterocycles. The Morgan fingerprint density at radius 1 is 1.19 bits per heavy atom. The van der Waals surface area contributed by atoms with Gasteiger partial charge in [-0.15, -0.1) is 12.4 Å². The van der Waals surface area contributed by atoms with Crippen molar-refractivity contribution in [1.29, 1.82) is 0 Å². The largest absolute Gasteiger partial charge is 0.339 e. The smallest absolute Gasteiger partial charge is 0.322 e. The molecule has 8 heteroatoms. The van der Waals surface area contributed by atoms with Gasteiger partial charge in [-0.2, -0.15) is 0 Å². The lowest BCUT2D eigenvalue weighted by atomic mass is 10.0. The van der Waals surface area contributed by atoms with E-state index >= 15 is 0 Å². The highest BCUT2D eigenvalue weighted by Gasteiger charge is 2.28. The van der Waals surface area contributed by atoms with Crippen molar-refractivity contribution < 1.29 is 9.59 Å². The van der Waals surface area contributed by atoms with Crippen molar-refractivity contribution in [3.05, 3.63) is 28.8 Å². The van der Waals surface area contributed by atoms with Crippen LogP contribution in [0.2, 0.25) is 5.02 Å². The molecule has 0 atom stereocenters. The Balaban J connectivity index is 0.00000210. The second-order valence-electron chi connectivity index (χ2n) is 7.47. The van der Waals surface area contributed by atoms with Crippen molar-refractivity contribution in [2.75, 3.05) is 37.6 Å². The van der Waals surface area contributed by atoms with E-state index in [0.717, 1.165) is 38.4 Å². The number of amides is 3. The lowest BCUT2D eigenvalue weighted by Crippen LogP contribution is -2.45. The van der Waals surface area contributed by atoms with Crippen molar-refractivity contribution in [3.8, 4) is 0 Å². The van der Waals surface area contributed by atoms with E-state index in [0.29, 0.717) is 35.4 Å². The molecule has 0 bridgehead atoms. The Morgan fingerprint density at radius 2 is 1.93 bits per heavy atom. The molecule has 3 aliphatic rings. The molecule has 0 spiro atoms. The Morgan fingerprint density at radius 3 is 2.56 bits per heavy atom. The summed E-state index contributed by atoms with van der Waals surface area (Å²) >= 11 is 6.26. The van der Waals surface area contributed by atoms with Crippen LogP contribution in [0.5, 0.6) is 0 Å². The van der Waals surface area contributed by atoms with Crippen molar-refractivity contribution in [3.63, 3.8) is 0 Å². The predicted molar refractivity (Wildman–Crippen MR) is 109 cm³/mol. The number of carbonyl (C=O) groups excluding carboxylic acids is 2. The maximum absolute atomic E-state index is 12.9. The molecule has 3 fully saturated rings. The van der Waals surface area contributed by atoms with Gasteiger partial charge in [0.2, 0.25) is 0 Å². The lowest BCUT2D eigenvalue weighted by Gasteiger charge is -2.33. The first-order valence-corrected chi connectivity index (χ1v) is 9.87. The summed E-state index contributed by atoms with van der Waals surface area (Å²) in [6.45, 7) is 3.81. The maximum atomic E-state index is 12.9. The number of carbonyl (C=O) groups is 2. The summed E-state index contributed by atoms with van der Waals surface area (Å²) in [4.78, 5) is 28.3. The average Bonchev–Trinajstić information content (AvgIpc) is 3.40. The molecule has 1 aromatic carbocycles. The lowest BCUT2D eigenvalue weighted by molar-refractivity contribution is 0.0705. The van der Waals surface area contributed by atoms with Gasteiger partial charge in [-0.25, -0.2) is 4.79 Å². The van der Waals surface area contributed by atoms with Crippen molar-refractivity contribution in [1.82, 2.24) is 15.5 Å². The van der Waals surface area contributed by atoms with Gasteiger partial charge in [-0.3, -0.25) is 9.69 Å². The number of piperidine rings is 1. The second-order valence-corrected chi connectivity index (χ2v) is 7.88. The fourth-order valence-corrected chi connectivity index (χ4v) is 3.90. The number of likely N-dealkylation sites (tertiary alicyclic amines) is 1. The van der Waals surface area contributed by atoms with Crippen LogP contribution in [0.3, 0.4) is 0 Å². The summed E-state index contributed by atoms with van der Waals surface area (Å²) in [6.07, 6.45) is 4.71. The highest BCUT2D eigenvalue weighted by Crippen LogP contribution is 2.30. The van der Waals surface area contributed by atoms with Gasteiger partial charge >= 0.3 is 6.03 Å². The quantitative estimate of drug-likeness (QED) is 0.781. The molecule has 1 aliphatic carbocycles. The average molecular weight is 413 g/mol. The molecule has 4 rings (SSSR count). The van der Waals surface area contributed by atoms with Crippen LogP contribution in [0, 0.1) is 5.92 Å². The number of anilines is 1. The first-order chi connectivity index (χ1) is 12.6. The Labute approximate surface area is 171 Å². The number of hydrogen-bond acceptors (Lipinski definition) is 3. The molecule has 0 radical (unpaired) electrons. The van der Waals surface area contributed by atoms with Crippen LogP contribution in [0.15, 0.2) is 18.2 Å². The van der Waals surface area contributed by atoms with E-state index in [1.807, 2.05) is 4.90 Å². The topological polar surface area (TPSA) is 64.7 Å². The van der Waals surface area contributed by atoms with Crippen molar-refractivity contribution in [2.24, 2.45) is 5.92 Å². The van der Waals surface area contributed by atoms with E-state index < -0.39 is 0 Å². The zero-order valence-electron chi connectivity index (χ0n) is 15.2. The number of benzene rings is 1. The third kappa shape index (κ3) is 4.68. The van der Waals surface area contributed by atoms with E-state index in [-0.39, 0.29) is 24.3 Å². The van der Waals surface area contributed by atoms with E-state index in [1.54, 1.807) is 23.1 Å². The molecule has 27 heavy (non-hydrogen) atoms. The van der Waals surface area contributed by atoms with Gasteiger partial charge in [0.05, 0.1) is 10.7 Å². The molecule has 3 amide bonds. The van der Waals surface area contributed by atoms with E-state index in [9.17, 15) is 9.59 Å². The number of urea groups is 1. The molecule has 0 aromatic heterocycles. The van der Waals surface area contributed by atoms with E-state index in [2.05, 4.69) is 10.6 Å². The molecule has 2 heterocycles. The predicted octanol–water partition coefficient (Wildman–Crippen LogP) is 2.90. The van der Waals surface area contributed by atoms with Gasteiger partial charge in [-0.05, 0) is 56.3 Å². The van der Waals surface area contributed by atoms with Crippen LogP contribution in [0.1, 0.15) is 36.0 Å². The minimum atomic E-state index is -0.168. The minimum Gasteiger partial charge on any atom is -0.339 e. The number of rotatable bonds is 5. The fraction of sp³-hybridized carbons (Fsp3) is 0.579. The van der Waals surface area contributed by atoms with Crippen molar-refractivity contribution in [2.45, 2.75) is 31.7 Å². The van der Waals surface area contributed by atoms with Gasteiger partial charge in [0.1, 0.15) is 0 Å². The van der Waals surface area contributed by atoms with Crippen LogP contribution in [0.25, 0.3) is 0 Å². The molecule has 6 nitrogen and oxygen atoms in total. The number of nitrogens with one attached hydrogen (secondary N) is 2. The Bertz CT molecular complexity index is 703. The SMILES string of the molecule is Cl.O=C(c1ccc(Cl)c(N2CCNC2=O)c1)N1CCC(NCC2CC2)CC1. The standard InChI is InChI=1S/C19H25ClN4O2.ClH/c20-16-4-3-14(11-17(16)24-10-7-21-19(24)26)18(25)23-8-5-15(6-9-23)22-12-13-1-2-13;/h3-4,11,13,15,22H,1-2,5-10,12H2,(H,21,26);1H. The Kier molecular flexibility index (Phi) is 6.50. The molecular weight excluding hydrogens is 387 g/mol. The molecule has 1 saturated carbocycles. The van der Waals surface area contributed by atoms with E-state index in [4.69, 9.17) is 11.6 Å². The first-order valence-electron chi connectivity index (χ1n) is 9.49. The molecule has 148 valence electrons. The number of nitrogens with zero attached hydrogens (tertiary/aromatic N) is 2. The summed E-state index contributed by atoms with van der Waals surface area (Å²) in [6, 6.07) is 5.56. The zero-order chi connectivity index (χ0) is 18.1. The van der Waals surface area contributed by atoms with E-state index in [1.165, 1.54) is 12.8 Å². The van der Waals surface area contributed by atoms with Gasteiger partial charge in [0.25, 0.3) is 5.91 Å². The summed E-state index contributed by atoms with van der Waals surface area (Å²) < 4.78 is 0.